The summed E-state index contributed by atoms with van der Waals surface area (Å²) < 4.78 is 1.18. The van der Waals surface area contributed by atoms with Gasteiger partial charge < -0.3 is 5.32 Å². The van der Waals surface area contributed by atoms with E-state index in [1.165, 1.54) is 14.9 Å². The Morgan fingerprint density at radius 3 is 2.50 bits per heavy atom. The van der Waals surface area contributed by atoms with Gasteiger partial charge in [0.2, 0.25) is 0 Å². The Morgan fingerprint density at radius 2 is 1.88 bits per heavy atom. The molecule has 0 atom stereocenters. The van der Waals surface area contributed by atoms with Crippen molar-refractivity contribution in [3.8, 4) is 0 Å². The standard InChI is InChI=1S/C12H11BrClNS/c13-11-5-6-16-12(11)8-15-7-9-1-3-10(14)4-2-9/h1-6,15H,7-8H2. The highest BCUT2D eigenvalue weighted by Gasteiger charge is 2.00. The minimum absolute atomic E-state index is 0.782. The van der Waals surface area contributed by atoms with Crippen molar-refractivity contribution in [3.63, 3.8) is 0 Å². The summed E-state index contributed by atoms with van der Waals surface area (Å²) in [5.41, 5.74) is 1.25. The van der Waals surface area contributed by atoms with E-state index in [1.807, 2.05) is 24.3 Å². The molecule has 0 unspecified atom stereocenters. The van der Waals surface area contributed by atoms with Gasteiger partial charge in [0.15, 0.2) is 0 Å². The molecule has 0 radical (unpaired) electrons. The predicted octanol–water partition coefficient (Wildman–Crippen LogP) is 4.45. The molecule has 0 fully saturated rings. The van der Waals surface area contributed by atoms with Gasteiger partial charge in [-0.25, -0.2) is 0 Å². The number of hydrogen-bond donors (Lipinski definition) is 1. The van der Waals surface area contributed by atoms with Gasteiger partial charge in [-0.1, -0.05) is 23.7 Å². The second-order valence-corrected chi connectivity index (χ2v) is 5.71. The molecule has 0 aliphatic rings. The summed E-state index contributed by atoms with van der Waals surface area (Å²) in [6.07, 6.45) is 0. The molecule has 0 saturated heterocycles. The Hall–Kier alpha value is -0.350. The maximum Gasteiger partial charge on any atom is 0.0406 e. The third-order valence-corrected chi connectivity index (χ3v) is 4.40. The lowest BCUT2D eigenvalue weighted by atomic mass is 10.2. The Balaban J connectivity index is 1.84. The first-order chi connectivity index (χ1) is 7.75. The Labute approximate surface area is 113 Å². The van der Waals surface area contributed by atoms with Gasteiger partial charge in [0.1, 0.15) is 0 Å². The van der Waals surface area contributed by atoms with Gasteiger partial charge in [-0.05, 0) is 45.1 Å². The zero-order chi connectivity index (χ0) is 11.4. The molecular weight excluding hydrogens is 306 g/mol. The maximum absolute atomic E-state index is 5.82. The van der Waals surface area contributed by atoms with Crippen LogP contribution < -0.4 is 5.32 Å². The maximum atomic E-state index is 5.82. The van der Waals surface area contributed by atoms with E-state index in [0.717, 1.165) is 18.1 Å². The molecular formula is C12H11BrClNS. The van der Waals surface area contributed by atoms with Gasteiger partial charge in [0.05, 0.1) is 0 Å². The second-order valence-electron chi connectivity index (χ2n) is 3.42. The number of hydrogen-bond acceptors (Lipinski definition) is 2. The summed E-state index contributed by atoms with van der Waals surface area (Å²) in [5, 5.41) is 6.27. The summed E-state index contributed by atoms with van der Waals surface area (Å²) in [5.74, 6) is 0. The molecule has 1 aromatic carbocycles. The smallest absolute Gasteiger partial charge is 0.0406 e. The molecule has 0 aliphatic heterocycles. The Kier molecular flexibility index (Phi) is 4.41. The van der Waals surface area contributed by atoms with E-state index in [0.29, 0.717) is 0 Å². The number of thiophene rings is 1. The van der Waals surface area contributed by atoms with Gasteiger partial charge in [-0.3, -0.25) is 0 Å². The molecule has 0 spiro atoms. The van der Waals surface area contributed by atoms with Crippen molar-refractivity contribution in [2.75, 3.05) is 0 Å². The quantitative estimate of drug-likeness (QED) is 0.878. The molecule has 0 amide bonds. The van der Waals surface area contributed by atoms with Crippen LogP contribution in [-0.4, -0.2) is 0 Å². The zero-order valence-electron chi connectivity index (χ0n) is 8.54. The van der Waals surface area contributed by atoms with Crippen molar-refractivity contribution in [2.24, 2.45) is 0 Å². The molecule has 2 aromatic rings. The zero-order valence-corrected chi connectivity index (χ0v) is 11.7. The van der Waals surface area contributed by atoms with E-state index in [2.05, 4.69) is 32.7 Å². The monoisotopic (exact) mass is 315 g/mol. The highest BCUT2D eigenvalue weighted by Crippen LogP contribution is 2.22. The number of halogens is 2. The van der Waals surface area contributed by atoms with Crippen LogP contribution in [0.5, 0.6) is 0 Å². The molecule has 2 rings (SSSR count). The highest BCUT2D eigenvalue weighted by atomic mass is 79.9. The number of benzene rings is 1. The van der Waals surface area contributed by atoms with E-state index in [-0.39, 0.29) is 0 Å². The first-order valence-electron chi connectivity index (χ1n) is 4.93. The van der Waals surface area contributed by atoms with Crippen LogP contribution in [0.4, 0.5) is 0 Å². The van der Waals surface area contributed by atoms with Gasteiger partial charge >= 0.3 is 0 Å². The lowest BCUT2D eigenvalue weighted by Crippen LogP contribution is -2.11. The van der Waals surface area contributed by atoms with Gasteiger partial charge in [0.25, 0.3) is 0 Å². The SMILES string of the molecule is Clc1ccc(CNCc2sccc2Br)cc1. The minimum atomic E-state index is 0.782. The topological polar surface area (TPSA) is 12.0 Å². The molecule has 0 saturated carbocycles. The molecule has 16 heavy (non-hydrogen) atoms. The summed E-state index contributed by atoms with van der Waals surface area (Å²) in [6.45, 7) is 1.75. The van der Waals surface area contributed by atoms with Crippen LogP contribution in [0.25, 0.3) is 0 Å². The van der Waals surface area contributed by atoms with Crippen LogP contribution in [0.2, 0.25) is 5.02 Å². The molecule has 1 N–H and O–H groups in total. The molecule has 1 aromatic heterocycles. The van der Waals surface area contributed by atoms with Crippen molar-refractivity contribution in [1.82, 2.24) is 5.32 Å². The van der Waals surface area contributed by atoms with E-state index in [1.54, 1.807) is 11.3 Å². The van der Waals surface area contributed by atoms with Crippen LogP contribution in [0.15, 0.2) is 40.2 Å². The van der Waals surface area contributed by atoms with E-state index in [4.69, 9.17) is 11.6 Å². The fourth-order valence-corrected chi connectivity index (χ4v) is 2.96. The van der Waals surface area contributed by atoms with Crippen LogP contribution in [-0.2, 0) is 13.1 Å². The average molecular weight is 317 g/mol. The van der Waals surface area contributed by atoms with Crippen molar-refractivity contribution < 1.29 is 0 Å². The summed E-state index contributed by atoms with van der Waals surface area (Å²) in [7, 11) is 0. The molecule has 1 nitrogen and oxygen atoms in total. The lowest BCUT2D eigenvalue weighted by Gasteiger charge is -2.04. The summed E-state index contributed by atoms with van der Waals surface area (Å²) in [4.78, 5) is 1.33. The Bertz CT molecular complexity index is 452. The van der Waals surface area contributed by atoms with Gasteiger partial charge in [-0.15, -0.1) is 11.3 Å². The third kappa shape index (κ3) is 3.32. The van der Waals surface area contributed by atoms with Crippen molar-refractivity contribution in [2.45, 2.75) is 13.1 Å². The van der Waals surface area contributed by atoms with E-state index in [9.17, 15) is 0 Å². The highest BCUT2D eigenvalue weighted by molar-refractivity contribution is 9.10. The van der Waals surface area contributed by atoms with Crippen LogP contribution in [0, 0.1) is 0 Å². The number of nitrogens with one attached hydrogen (secondary N) is 1. The fraction of sp³-hybridized carbons (Fsp3) is 0.167. The summed E-state index contributed by atoms with van der Waals surface area (Å²) >= 11 is 11.1. The molecule has 4 heteroatoms. The molecule has 0 aliphatic carbocycles. The normalized spacial score (nSPS) is 10.6. The van der Waals surface area contributed by atoms with E-state index < -0.39 is 0 Å². The van der Waals surface area contributed by atoms with Crippen LogP contribution >= 0.6 is 38.9 Å². The molecule has 1 heterocycles. The van der Waals surface area contributed by atoms with Crippen LogP contribution in [0.3, 0.4) is 0 Å². The summed E-state index contributed by atoms with van der Waals surface area (Å²) in [6, 6.07) is 9.99. The largest absolute Gasteiger partial charge is 0.308 e. The first-order valence-corrected chi connectivity index (χ1v) is 6.98. The Morgan fingerprint density at radius 1 is 1.12 bits per heavy atom. The first kappa shape index (κ1) is 12.1. The minimum Gasteiger partial charge on any atom is -0.308 e. The third-order valence-electron chi connectivity index (χ3n) is 2.22. The van der Waals surface area contributed by atoms with E-state index >= 15 is 0 Å². The van der Waals surface area contributed by atoms with Crippen LogP contribution in [0.1, 0.15) is 10.4 Å². The van der Waals surface area contributed by atoms with Gasteiger partial charge in [-0.2, -0.15) is 0 Å². The lowest BCUT2D eigenvalue weighted by molar-refractivity contribution is 0.699. The van der Waals surface area contributed by atoms with Crippen molar-refractivity contribution >= 4 is 38.9 Å². The second kappa shape index (κ2) is 5.82. The molecule has 0 bridgehead atoms. The molecule has 84 valence electrons. The number of rotatable bonds is 4. The fourth-order valence-electron chi connectivity index (χ4n) is 1.37. The van der Waals surface area contributed by atoms with Gasteiger partial charge in [0, 0.05) is 27.5 Å². The predicted molar refractivity (Wildman–Crippen MR) is 74.0 cm³/mol. The average Bonchev–Trinajstić information content (AvgIpc) is 2.68. The van der Waals surface area contributed by atoms with Crippen molar-refractivity contribution in [3.05, 3.63) is 55.6 Å². The van der Waals surface area contributed by atoms with Crippen molar-refractivity contribution in [1.29, 1.82) is 0 Å².